The van der Waals surface area contributed by atoms with Gasteiger partial charge in [0, 0.05) is 5.54 Å². The lowest BCUT2D eigenvalue weighted by Crippen LogP contribution is -2.51. The minimum Gasteiger partial charge on any atom is -0.351 e. The fourth-order valence-electron chi connectivity index (χ4n) is 0.720. The maximum Gasteiger partial charge on any atom is 0.319 e. The van der Waals surface area contributed by atoms with E-state index < -0.39 is 18.1 Å². The summed E-state index contributed by atoms with van der Waals surface area (Å²) in [4.78, 5) is 10.8. The molecule has 0 aromatic carbocycles. The molecule has 0 aliphatic heterocycles. The maximum atomic E-state index is 12.1. The number of rotatable bonds is 1. The Balaban J connectivity index is 4.49. The molecule has 0 aromatic rings. The van der Waals surface area contributed by atoms with E-state index in [-0.39, 0.29) is 0 Å². The molecule has 2 N–H and O–H groups in total. The Morgan fingerprint density at radius 2 is 1.82 bits per heavy atom. The quantitative estimate of drug-likeness (QED) is 0.588. The van der Waals surface area contributed by atoms with Gasteiger partial charge in [-0.2, -0.15) is 8.78 Å². The maximum absolute atomic E-state index is 12.1. The zero-order valence-electron chi connectivity index (χ0n) is 6.77. The van der Waals surface area contributed by atoms with Crippen LogP contribution in [0.2, 0.25) is 0 Å². The first-order valence-corrected chi connectivity index (χ1v) is 3.13. The van der Waals surface area contributed by atoms with Gasteiger partial charge in [-0.05, 0) is 20.8 Å². The van der Waals surface area contributed by atoms with Crippen molar-refractivity contribution in [3.05, 3.63) is 0 Å². The summed E-state index contributed by atoms with van der Waals surface area (Å²) in [5.41, 5.74) is 3.80. The van der Waals surface area contributed by atoms with Gasteiger partial charge >= 0.3 is 12.6 Å². The lowest BCUT2D eigenvalue weighted by atomic mass is 10.1. The van der Waals surface area contributed by atoms with E-state index in [9.17, 15) is 13.6 Å². The van der Waals surface area contributed by atoms with Crippen molar-refractivity contribution in [1.82, 2.24) is 4.90 Å². The first-order chi connectivity index (χ1) is 4.76. The Morgan fingerprint density at radius 3 is 1.82 bits per heavy atom. The van der Waals surface area contributed by atoms with Crippen LogP contribution in [-0.2, 0) is 0 Å². The molecular formula is C6H12F2N2O. The van der Waals surface area contributed by atoms with E-state index in [2.05, 4.69) is 0 Å². The predicted octanol–water partition coefficient (Wildman–Crippen LogP) is 1.39. The molecule has 0 aliphatic rings. The van der Waals surface area contributed by atoms with Gasteiger partial charge in [-0.1, -0.05) is 0 Å². The molecule has 66 valence electrons. The Labute approximate surface area is 64.2 Å². The second-order valence-corrected chi connectivity index (χ2v) is 3.16. The molecule has 5 heteroatoms. The standard InChI is InChI=1S/C6H12F2N2O/c1-6(2,3)10(4(7)8)5(9)11/h4H,1-3H3,(H2,9,11). The molecule has 0 bridgehead atoms. The van der Waals surface area contributed by atoms with Crippen LogP contribution < -0.4 is 5.73 Å². The van der Waals surface area contributed by atoms with Gasteiger partial charge in [0.05, 0.1) is 0 Å². The number of carbonyl (C=O) groups excluding carboxylic acids is 1. The third kappa shape index (κ3) is 2.69. The molecule has 11 heavy (non-hydrogen) atoms. The Morgan fingerprint density at radius 1 is 1.45 bits per heavy atom. The normalized spacial score (nSPS) is 11.8. The largest absolute Gasteiger partial charge is 0.351 e. The number of alkyl halides is 2. The third-order valence-corrected chi connectivity index (χ3v) is 1.16. The van der Waals surface area contributed by atoms with Gasteiger partial charge in [0.25, 0.3) is 0 Å². The summed E-state index contributed by atoms with van der Waals surface area (Å²) < 4.78 is 24.1. The lowest BCUT2D eigenvalue weighted by Gasteiger charge is -2.32. The molecule has 0 aliphatic carbocycles. The second-order valence-electron chi connectivity index (χ2n) is 3.16. The number of urea groups is 1. The molecule has 0 aromatic heterocycles. The first kappa shape index (κ1) is 10.1. The highest BCUT2D eigenvalue weighted by atomic mass is 19.3. The van der Waals surface area contributed by atoms with E-state index in [4.69, 9.17) is 5.73 Å². The third-order valence-electron chi connectivity index (χ3n) is 1.16. The fraction of sp³-hybridized carbons (Fsp3) is 0.833. The van der Waals surface area contributed by atoms with Gasteiger partial charge in [-0.25, -0.2) is 4.79 Å². The van der Waals surface area contributed by atoms with E-state index >= 15 is 0 Å². The zero-order valence-corrected chi connectivity index (χ0v) is 6.77. The number of nitrogens with zero attached hydrogens (tertiary/aromatic N) is 1. The minimum atomic E-state index is -2.84. The number of hydrogen-bond acceptors (Lipinski definition) is 1. The van der Waals surface area contributed by atoms with Crippen LogP contribution in [-0.4, -0.2) is 23.0 Å². The highest BCUT2D eigenvalue weighted by Crippen LogP contribution is 2.17. The Hall–Kier alpha value is -0.870. The molecule has 0 unspecified atom stereocenters. The van der Waals surface area contributed by atoms with Crippen LogP contribution in [0.3, 0.4) is 0 Å². The van der Waals surface area contributed by atoms with E-state index in [0.29, 0.717) is 4.90 Å². The average molecular weight is 166 g/mol. The topological polar surface area (TPSA) is 46.3 Å². The van der Waals surface area contributed by atoms with Crippen molar-refractivity contribution >= 4 is 6.03 Å². The van der Waals surface area contributed by atoms with Crippen molar-refractivity contribution in [3.8, 4) is 0 Å². The number of hydrogen-bond donors (Lipinski definition) is 1. The highest BCUT2D eigenvalue weighted by Gasteiger charge is 2.31. The van der Waals surface area contributed by atoms with Crippen molar-refractivity contribution in [1.29, 1.82) is 0 Å². The fourth-order valence-corrected chi connectivity index (χ4v) is 0.720. The summed E-state index contributed by atoms with van der Waals surface area (Å²) in [6.45, 7) is 1.63. The summed E-state index contributed by atoms with van der Waals surface area (Å²) in [5.74, 6) is 0. The molecule has 3 nitrogen and oxygen atoms in total. The van der Waals surface area contributed by atoms with Crippen LogP contribution in [0.1, 0.15) is 20.8 Å². The summed E-state index contributed by atoms with van der Waals surface area (Å²) >= 11 is 0. The lowest BCUT2D eigenvalue weighted by molar-refractivity contribution is -0.0407. The van der Waals surface area contributed by atoms with Gasteiger partial charge in [0.1, 0.15) is 0 Å². The highest BCUT2D eigenvalue weighted by molar-refractivity contribution is 5.72. The summed E-state index contributed by atoms with van der Waals surface area (Å²) in [6.07, 6.45) is 0. The van der Waals surface area contributed by atoms with E-state index in [1.54, 1.807) is 0 Å². The van der Waals surface area contributed by atoms with Crippen molar-refractivity contribution in [3.63, 3.8) is 0 Å². The monoisotopic (exact) mass is 166 g/mol. The van der Waals surface area contributed by atoms with Crippen LogP contribution in [0, 0.1) is 0 Å². The molecular weight excluding hydrogens is 154 g/mol. The summed E-state index contributed by atoms with van der Waals surface area (Å²) in [6, 6.07) is -1.10. The molecule has 0 saturated carbocycles. The number of primary amides is 1. The van der Waals surface area contributed by atoms with Crippen LogP contribution in [0.15, 0.2) is 0 Å². The molecule has 0 saturated heterocycles. The van der Waals surface area contributed by atoms with Crippen molar-refractivity contribution in [2.75, 3.05) is 0 Å². The SMILES string of the molecule is CC(C)(C)N(C(N)=O)C(F)F. The molecule has 0 heterocycles. The van der Waals surface area contributed by atoms with Crippen LogP contribution in [0.25, 0.3) is 0 Å². The van der Waals surface area contributed by atoms with Crippen molar-refractivity contribution in [2.24, 2.45) is 5.73 Å². The van der Waals surface area contributed by atoms with E-state index in [1.807, 2.05) is 0 Å². The van der Waals surface area contributed by atoms with Gasteiger partial charge in [0.15, 0.2) is 0 Å². The van der Waals surface area contributed by atoms with Crippen molar-refractivity contribution in [2.45, 2.75) is 32.9 Å². The molecule has 0 fully saturated rings. The Bertz CT molecular complexity index is 153. The zero-order chi connectivity index (χ0) is 9.23. The first-order valence-electron chi connectivity index (χ1n) is 3.13. The number of halogens is 2. The predicted molar refractivity (Wildman–Crippen MR) is 37.2 cm³/mol. The van der Waals surface area contributed by atoms with Crippen LogP contribution in [0.5, 0.6) is 0 Å². The van der Waals surface area contributed by atoms with Gasteiger partial charge in [-0.15, -0.1) is 0 Å². The summed E-state index contributed by atoms with van der Waals surface area (Å²) in [5, 5.41) is 0. The molecule has 0 radical (unpaired) electrons. The number of carbonyl (C=O) groups is 1. The summed E-state index contributed by atoms with van der Waals surface area (Å²) in [7, 11) is 0. The smallest absolute Gasteiger partial charge is 0.319 e. The van der Waals surface area contributed by atoms with Crippen LogP contribution >= 0.6 is 0 Å². The Kier molecular flexibility index (Phi) is 2.78. The van der Waals surface area contributed by atoms with Crippen LogP contribution in [0.4, 0.5) is 13.6 Å². The molecule has 0 spiro atoms. The molecule has 0 rings (SSSR count). The average Bonchev–Trinajstić information content (AvgIpc) is 1.54. The minimum absolute atomic E-state index is 0.326. The molecule has 2 amide bonds. The van der Waals surface area contributed by atoms with Crippen molar-refractivity contribution < 1.29 is 13.6 Å². The van der Waals surface area contributed by atoms with E-state index in [1.165, 1.54) is 20.8 Å². The van der Waals surface area contributed by atoms with Gasteiger partial charge < -0.3 is 5.73 Å². The number of nitrogens with two attached hydrogens (primary N) is 1. The second kappa shape index (κ2) is 3.02. The van der Waals surface area contributed by atoms with E-state index in [0.717, 1.165) is 0 Å². The molecule has 0 atom stereocenters. The number of amides is 2. The van der Waals surface area contributed by atoms with Gasteiger partial charge in [0.2, 0.25) is 0 Å². The van der Waals surface area contributed by atoms with Gasteiger partial charge in [-0.3, -0.25) is 4.90 Å².